The van der Waals surface area contributed by atoms with Crippen LogP contribution in [0.4, 0.5) is 16.2 Å². The molecule has 0 unspecified atom stereocenters. The number of nitro groups is 1. The number of amides is 2. The molecule has 1 aliphatic rings. The quantitative estimate of drug-likeness (QED) is 0.629. The first-order chi connectivity index (χ1) is 11.7. The van der Waals surface area contributed by atoms with Crippen LogP contribution < -0.4 is 10.6 Å². The van der Waals surface area contributed by atoms with E-state index < -0.39 is 4.92 Å². The number of benzene rings is 1. The van der Waals surface area contributed by atoms with Crippen LogP contribution in [0.3, 0.4) is 0 Å². The number of nitro benzene ring substituents is 1. The normalized spacial score (nSPS) is 23.3. The fourth-order valence-electron chi connectivity index (χ4n) is 3.66. The minimum Gasteiger partial charge on any atom is -0.336 e. The van der Waals surface area contributed by atoms with Crippen molar-refractivity contribution in [2.24, 2.45) is 5.92 Å². The van der Waals surface area contributed by atoms with Crippen molar-refractivity contribution in [1.82, 2.24) is 10.2 Å². The van der Waals surface area contributed by atoms with Gasteiger partial charge in [0.25, 0.3) is 5.69 Å². The maximum atomic E-state index is 12.3. The first-order valence-corrected chi connectivity index (χ1v) is 8.71. The van der Waals surface area contributed by atoms with Crippen molar-refractivity contribution in [2.75, 3.05) is 26.0 Å². The maximum absolute atomic E-state index is 12.3. The molecule has 1 aliphatic carbocycles. The van der Waals surface area contributed by atoms with Crippen molar-refractivity contribution in [3.05, 3.63) is 33.9 Å². The fourth-order valence-corrected chi connectivity index (χ4v) is 3.66. The minimum absolute atomic E-state index is 0.00340. The Morgan fingerprint density at radius 2 is 2.16 bits per heavy atom. The van der Waals surface area contributed by atoms with Gasteiger partial charge in [-0.05, 0) is 45.8 Å². The van der Waals surface area contributed by atoms with Crippen molar-refractivity contribution in [1.29, 1.82) is 0 Å². The summed E-state index contributed by atoms with van der Waals surface area (Å²) in [5.41, 5.74) is 0.960. The molecule has 2 rings (SSSR count). The zero-order valence-corrected chi connectivity index (χ0v) is 15.5. The van der Waals surface area contributed by atoms with Crippen LogP contribution in [0.15, 0.2) is 18.2 Å². The molecule has 7 nitrogen and oxygen atoms in total. The lowest BCUT2D eigenvalue weighted by Crippen LogP contribution is -2.55. The highest BCUT2D eigenvalue weighted by Gasteiger charge is 2.37. The molecule has 0 heterocycles. The first-order valence-electron chi connectivity index (χ1n) is 8.71. The van der Waals surface area contributed by atoms with E-state index in [0.717, 1.165) is 19.3 Å². The van der Waals surface area contributed by atoms with Crippen LogP contribution in [0, 0.1) is 23.0 Å². The lowest BCUT2D eigenvalue weighted by Gasteiger charge is -2.45. The topological polar surface area (TPSA) is 87.5 Å². The second kappa shape index (κ2) is 7.82. The number of rotatable bonds is 5. The van der Waals surface area contributed by atoms with Crippen molar-refractivity contribution in [2.45, 2.75) is 45.1 Å². The van der Waals surface area contributed by atoms with Gasteiger partial charge in [-0.3, -0.25) is 10.1 Å². The Labute approximate surface area is 148 Å². The van der Waals surface area contributed by atoms with E-state index in [4.69, 9.17) is 0 Å². The van der Waals surface area contributed by atoms with Gasteiger partial charge in [-0.1, -0.05) is 25.8 Å². The zero-order valence-electron chi connectivity index (χ0n) is 15.5. The Balaban J connectivity index is 2.00. The van der Waals surface area contributed by atoms with Crippen LogP contribution >= 0.6 is 0 Å². The Hall–Kier alpha value is -2.15. The summed E-state index contributed by atoms with van der Waals surface area (Å²) in [6.07, 6.45) is 4.50. The predicted octanol–water partition coefficient (Wildman–Crippen LogP) is 3.54. The highest BCUT2D eigenvalue weighted by Crippen LogP contribution is 2.35. The monoisotopic (exact) mass is 348 g/mol. The van der Waals surface area contributed by atoms with E-state index in [1.807, 2.05) is 0 Å². The van der Waals surface area contributed by atoms with E-state index in [-0.39, 0.29) is 17.3 Å². The maximum Gasteiger partial charge on any atom is 0.319 e. The minimum atomic E-state index is -0.442. The number of likely N-dealkylation sites (N-methyl/N-ethyl adjacent to an activating group) is 1. The Kier molecular flexibility index (Phi) is 6.00. The molecule has 2 atom stereocenters. The highest BCUT2D eigenvalue weighted by atomic mass is 16.6. The number of hydrogen-bond acceptors (Lipinski definition) is 4. The van der Waals surface area contributed by atoms with Gasteiger partial charge in [0.2, 0.25) is 0 Å². The molecule has 1 aromatic carbocycles. The molecule has 7 heteroatoms. The number of nitrogens with zero attached hydrogens (tertiary/aromatic N) is 2. The summed E-state index contributed by atoms with van der Waals surface area (Å²) in [6, 6.07) is 4.36. The smallest absolute Gasteiger partial charge is 0.319 e. The zero-order chi connectivity index (χ0) is 18.6. The van der Waals surface area contributed by atoms with Crippen LogP contribution in [-0.4, -0.2) is 42.0 Å². The van der Waals surface area contributed by atoms with Crippen LogP contribution in [0.5, 0.6) is 0 Å². The van der Waals surface area contributed by atoms with E-state index in [2.05, 4.69) is 36.6 Å². The molecule has 0 aromatic heterocycles. The van der Waals surface area contributed by atoms with Gasteiger partial charge < -0.3 is 15.5 Å². The third kappa shape index (κ3) is 4.69. The number of hydrogen-bond donors (Lipinski definition) is 2. The number of carbonyl (C=O) groups excluding carboxylic acids is 1. The summed E-state index contributed by atoms with van der Waals surface area (Å²) in [4.78, 5) is 25.0. The summed E-state index contributed by atoms with van der Waals surface area (Å²) in [6.45, 7) is 4.49. The van der Waals surface area contributed by atoms with Gasteiger partial charge in [0.1, 0.15) is 0 Å². The molecule has 0 spiro atoms. The fraction of sp³-hybridized carbons (Fsp3) is 0.611. The van der Waals surface area contributed by atoms with E-state index >= 15 is 0 Å². The molecule has 1 fully saturated rings. The summed E-state index contributed by atoms with van der Waals surface area (Å²) in [5, 5.41) is 16.7. The van der Waals surface area contributed by atoms with Crippen molar-refractivity contribution >= 4 is 17.4 Å². The standard InChI is InChI=1S/C18H28N4O3/c1-13-6-5-9-18(11-13,21(3)4)12-19-17(23)20-15-8-7-14(2)16(10-15)22(24)25/h7-8,10,13H,5-6,9,11-12H2,1-4H3,(H2,19,20,23)/t13-,18-/m1/s1. The van der Waals surface area contributed by atoms with Crippen LogP contribution in [0.1, 0.15) is 38.2 Å². The highest BCUT2D eigenvalue weighted by molar-refractivity contribution is 5.89. The molecule has 2 N–H and O–H groups in total. The molecular formula is C18H28N4O3. The lowest BCUT2D eigenvalue weighted by molar-refractivity contribution is -0.385. The molecular weight excluding hydrogens is 320 g/mol. The van der Waals surface area contributed by atoms with E-state index in [1.165, 1.54) is 12.5 Å². The molecule has 0 bridgehead atoms. The molecule has 1 aromatic rings. The number of aryl methyl sites for hydroxylation is 1. The first kappa shape index (κ1) is 19.2. The van der Waals surface area contributed by atoms with Gasteiger partial charge >= 0.3 is 6.03 Å². The van der Waals surface area contributed by atoms with Crippen LogP contribution in [0.2, 0.25) is 0 Å². The van der Waals surface area contributed by atoms with Crippen molar-refractivity contribution in [3.63, 3.8) is 0 Å². The summed E-state index contributed by atoms with van der Waals surface area (Å²) < 4.78 is 0. The Morgan fingerprint density at radius 3 is 2.76 bits per heavy atom. The number of urea groups is 1. The van der Waals surface area contributed by atoms with Gasteiger partial charge in [-0.25, -0.2) is 4.79 Å². The molecule has 0 radical (unpaired) electrons. The average Bonchev–Trinajstić information content (AvgIpc) is 2.54. The van der Waals surface area contributed by atoms with E-state index in [1.54, 1.807) is 19.1 Å². The Morgan fingerprint density at radius 1 is 1.44 bits per heavy atom. The summed E-state index contributed by atoms with van der Waals surface area (Å²) >= 11 is 0. The summed E-state index contributed by atoms with van der Waals surface area (Å²) in [5.74, 6) is 0.640. The van der Waals surface area contributed by atoms with Gasteiger partial charge in [-0.2, -0.15) is 0 Å². The van der Waals surface area contributed by atoms with Gasteiger partial charge in [-0.15, -0.1) is 0 Å². The third-order valence-corrected chi connectivity index (χ3v) is 5.26. The lowest BCUT2D eigenvalue weighted by atomic mass is 9.75. The molecule has 138 valence electrons. The third-order valence-electron chi connectivity index (χ3n) is 5.26. The van der Waals surface area contributed by atoms with Gasteiger partial charge in [0, 0.05) is 29.4 Å². The SMILES string of the molecule is Cc1ccc(NC(=O)NC[C@@]2(N(C)C)CCC[C@@H](C)C2)cc1[N+](=O)[O-]. The second-order valence-electron chi connectivity index (χ2n) is 7.39. The second-order valence-corrected chi connectivity index (χ2v) is 7.39. The van der Waals surface area contributed by atoms with Crippen LogP contribution in [-0.2, 0) is 0 Å². The van der Waals surface area contributed by atoms with Crippen LogP contribution in [0.25, 0.3) is 0 Å². The van der Waals surface area contributed by atoms with Crippen molar-refractivity contribution in [3.8, 4) is 0 Å². The largest absolute Gasteiger partial charge is 0.336 e. The predicted molar refractivity (Wildman–Crippen MR) is 98.9 cm³/mol. The van der Waals surface area contributed by atoms with Gasteiger partial charge in [0.05, 0.1) is 4.92 Å². The van der Waals surface area contributed by atoms with E-state index in [9.17, 15) is 14.9 Å². The van der Waals surface area contributed by atoms with E-state index in [0.29, 0.717) is 23.7 Å². The average molecular weight is 348 g/mol. The van der Waals surface area contributed by atoms with Crippen molar-refractivity contribution < 1.29 is 9.72 Å². The summed E-state index contributed by atoms with van der Waals surface area (Å²) in [7, 11) is 4.11. The van der Waals surface area contributed by atoms with Gasteiger partial charge in [0.15, 0.2) is 0 Å². The molecule has 2 amide bonds. The Bertz CT molecular complexity index is 647. The number of anilines is 1. The molecule has 1 saturated carbocycles. The number of nitrogens with one attached hydrogen (secondary N) is 2. The molecule has 0 saturated heterocycles. The number of carbonyl (C=O) groups is 1. The molecule has 0 aliphatic heterocycles. The molecule has 25 heavy (non-hydrogen) atoms.